The molecule has 0 saturated carbocycles. The second-order valence-electron chi connectivity index (χ2n) is 11.2. The second-order valence-corrected chi connectivity index (χ2v) is 11.2. The van der Waals surface area contributed by atoms with Crippen LogP contribution in [0.1, 0.15) is 0 Å². The zero-order valence-electron chi connectivity index (χ0n) is 24.5. The van der Waals surface area contributed by atoms with Gasteiger partial charge < -0.3 is 4.57 Å². The summed E-state index contributed by atoms with van der Waals surface area (Å²) >= 11 is 0. The molecule has 9 aromatic rings. The van der Waals surface area contributed by atoms with Gasteiger partial charge in [0.15, 0.2) is 17.3 Å². The average Bonchev–Trinajstić information content (AvgIpc) is 3.64. The van der Waals surface area contributed by atoms with E-state index in [2.05, 4.69) is 80.7 Å². The van der Waals surface area contributed by atoms with Crippen LogP contribution in [-0.4, -0.2) is 24.1 Å². The summed E-state index contributed by atoms with van der Waals surface area (Å²) < 4.78 is 4.41. The highest BCUT2D eigenvalue weighted by atomic mass is 15.2. The van der Waals surface area contributed by atoms with Crippen molar-refractivity contribution in [2.45, 2.75) is 0 Å². The number of rotatable bonds is 4. The Morgan fingerprint density at radius 1 is 0.435 bits per heavy atom. The third-order valence-electron chi connectivity index (χ3n) is 8.59. The van der Waals surface area contributed by atoms with E-state index in [1.165, 1.54) is 10.8 Å². The second kappa shape index (κ2) is 10.3. The quantitative estimate of drug-likeness (QED) is 0.192. The van der Waals surface area contributed by atoms with E-state index in [1.807, 2.05) is 78.9 Å². The lowest BCUT2D eigenvalue weighted by atomic mass is 10.1. The minimum atomic E-state index is 0.521. The molecule has 46 heavy (non-hydrogen) atoms. The molecule has 3 aromatic heterocycles. The van der Waals surface area contributed by atoms with Crippen molar-refractivity contribution >= 4 is 49.3 Å². The number of benzene rings is 6. The van der Waals surface area contributed by atoms with Crippen molar-refractivity contribution in [1.29, 1.82) is 0 Å². The van der Waals surface area contributed by atoms with Crippen LogP contribution in [0.5, 0.6) is 0 Å². The molecule has 0 radical (unpaired) electrons. The Kier molecular flexibility index (Phi) is 5.77. The van der Waals surface area contributed by atoms with Crippen molar-refractivity contribution in [1.82, 2.24) is 24.1 Å². The Balaban J connectivity index is 1.35. The Labute approximate surface area is 264 Å². The molecule has 0 atom stereocenters. The number of hydrogen-bond donors (Lipinski definition) is 0. The van der Waals surface area contributed by atoms with E-state index in [1.54, 1.807) is 0 Å². The van der Waals surface area contributed by atoms with Crippen molar-refractivity contribution in [3.8, 4) is 34.4 Å². The summed E-state index contributed by atoms with van der Waals surface area (Å²) in [5, 5.41) is 4.41. The fraction of sp³-hybridized carbons (Fsp3) is 0. The zero-order valence-corrected chi connectivity index (χ0v) is 24.5. The Hall–Kier alpha value is -6.58. The predicted octanol–water partition coefficient (Wildman–Crippen LogP) is 9.95. The van der Waals surface area contributed by atoms with Gasteiger partial charge in [-0.25, -0.2) is 9.83 Å². The first-order chi connectivity index (χ1) is 22.8. The van der Waals surface area contributed by atoms with Gasteiger partial charge in [-0.2, -0.15) is 9.97 Å². The maximum absolute atomic E-state index is 7.76. The SMILES string of the molecule is [C-]#[N+]c1ccc2c(c1)c1cc(-n3c4ccccc4c4ccccc43)ccc1n2-c1nc(-c2ccccc2)nc(-c2ccccc2)n1. The molecule has 6 nitrogen and oxygen atoms in total. The molecule has 0 bridgehead atoms. The maximum Gasteiger partial charge on any atom is 0.238 e. The molecule has 9 rings (SSSR count). The van der Waals surface area contributed by atoms with Gasteiger partial charge in [0.1, 0.15) is 0 Å². The van der Waals surface area contributed by atoms with Crippen LogP contribution in [0, 0.1) is 6.57 Å². The average molecular weight is 589 g/mol. The smallest absolute Gasteiger partial charge is 0.238 e. The van der Waals surface area contributed by atoms with E-state index in [-0.39, 0.29) is 0 Å². The molecule has 0 saturated heterocycles. The molecule has 3 heterocycles. The van der Waals surface area contributed by atoms with Gasteiger partial charge in [0.25, 0.3) is 0 Å². The minimum Gasteiger partial charge on any atom is -0.309 e. The lowest BCUT2D eigenvalue weighted by molar-refractivity contribution is 0.953. The summed E-state index contributed by atoms with van der Waals surface area (Å²) in [7, 11) is 0. The molecule has 6 aromatic carbocycles. The van der Waals surface area contributed by atoms with Crippen molar-refractivity contribution in [2.75, 3.05) is 0 Å². The van der Waals surface area contributed by atoms with E-state index < -0.39 is 0 Å². The summed E-state index contributed by atoms with van der Waals surface area (Å²) in [6, 6.07) is 49.4. The Bertz CT molecular complexity index is 2530. The summed E-state index contributed by atoms with van der Waals surface area (Å²) in [6.45, 7) is 7.76. The summed E-state index contributed by atoms with van der Waals surface area (Å²) in [6.07, 6.45) is 0. The molecule has 0 unspecified atom stereocenters. The third-order valence-corrected chi connectivity index (χ3v) is 8.59. The zero-order chi connectivity index (χ0) is 30.6. The van der Waals surface area contributed by atoms with Gasteiger partial charge in [0.05, 0.1) is 28.6 Å². The Morgan fingerprint density at radius 3 is 1.52 bits per heavy atom. The van der Waals surface area contributed by atoms with Crippen molar-refractivity contribution in [2.24, 2.45) is 0 Å². The topological polar surface area (TPSA) is 52.9 Å². The van der Waals surface area contributed by atoms with Gasteiger partial charge in [0, 0.05) is 33.0 Å². The van der Waals surface area contributed by atoms with Crippen LogP contribution >= 0.6 is 0 Å². The van der Waals surface area contributed by atoms with Gasteiger partial charge in [0.2, 0.25) is 5.95 Å². The van der Waals surface area contributed by atoms with Crippen LogP contribution in [-0.2, 0) is 0 Å². The number of nitrogens with zero attached hydrogens (tertiary/aromatic N) is 6. The first-order valence-electron chi connectivity index (χ1n) is 15.1. The van der Waals surface area contributed by atoms with Gasteiger partial charge in [-0.05, 0) is 47.9 Å². The number of hydrogen-bond acceptors (Lipinski definition) is 3. The summed E-state index contributed by atoms with van der Waals surface area (Å²) in [5.74, 6) is 1.71. The largest absolute Gasteiger partial charge is 0.309 e. The molecule has 0 aliphatic carbocycles. The van der Waals surface area contributed by atoms with Crippen LogP contribution in [0.2, 0.25) is 0 Å². The van der Waals surface area contributed by atoms with Gasteiger partial charge in [-0.15, -0.1) is 0 Å². The first kappa shape index (κ1) is 25.9. The molecular weight excluding hydrogens is 564 g/mol. The fourth-order valence-electron chi connectivity index (χ4n) is 6.52. The van der Waals surface area contributed by atoms with E-state index in [9.17, 15) is 0 Å². The van der Waals surface area contributed by atoms with Crippen LogP contribution < -0.4 is 0 Å². The molecular formula is C40H24N6. The standard InChI is InChI=1S/C40H24N6/c1-41-28-20-22-36-32(24-28)33-25-29(45-34-18-10-8-16-30(34)31-17-9-11-19-35(31)45)21-23-37(33)46(36)40-43-38(26-12-4-2-5-13-26)42-39(44-40)27-14-6-3-7-15-27/h2-25H. The van der Waals surface area contributed by atoms with Crippen LogP contribution in [0.3, 0.4) is 0 Å². The highest BCUT2D eigenvalue weighted by Crippen LogP contribution is 2.38. The fourth-order valence-corrected chi connectivity index (χ4v) is 6.52. The van der Waals surface area contributed by atoms with E-state index >= 15 is 0 Å². The molecule has 0 N–H and O–H groups in total. The van der Waals surface area contributed by atoms with E-state index in [4.69, 9.17) is 21.5 Å². The molecule has 0 aliphatic rings. The number of para-hydroxylation sites is 2. The molecule has 6 heteroatoms. The lowest BCUT2D eigenvalue weighted by Crippen LogP contribution is -2.06. The summed E-state index contributed by atoms with van der Waals surface area (Å²) in [4.78, 5) is 18.8. The van der Waals surface area contributed by atoms with Gasteiger partial charge in [-0.1, -0.05) is 103 Å². The molecule has 0 fully saturated rings. The van der Waals surface area contributed by atoms with Crippen LogP contribution in [0.15, 0.2) is 146 Å². The third kappa shape index (κ3) is 4.00. The number of aromatic nitrogens is 5. The monoisotopic (exact) mass is 588 g/mol. The molecule has 0 spiro atoms. The molecule has 0 aliphatic heterocycles. The molecule has 0 amide bonds. The van der Waals surface area contributed by atoms with E-state index in [0.29, 0.717) is 23.3 Å². The van der Waals surface area contributed by atoms with Crippen molar-refractivity contribution in [3.05, 3.63) is 157 Å². The van der Waals surface area contributed by atoms with Gasteiger partial charge >= 0.3 is 0 Å². The van der Waals surface area contributed by atoms with Crippen LogP contribution in [0.25, 0.3) is 82.9 Å². The van der Waals surface area contributed by atoms with E-state index in [0.717, 1.165) is 49.7 Å². The maximum atomic E-state index is 7.76. The number of fused-ring (bicyclic) bond motifs is 6. The normalized spacial score (nSPS) is 11.5. The highest BCUT2D eigenvalue weighted by Gasteiger charge is 2.20. The van der Waals surface area contributed by atoms with Crippen molar-refractivity contribution in [3.63, 3.8) is 0 Å². The minimum absolute atomic E-state index is 0.521. The highest BCUT2D eigenvalue weighted by molar-refractivity contribution is 6.12. The van der Waals surface area contributed by atoms with Crippen molar-refractivity contribution < 1.29 is 0 Å². The first-order valence-corrected chi connectivity index (χ1v) is 15.1. The van der Waals surface area contributed by atoms with Gasteiger partial charge in [-0.3, -0.25) is 4.57 Å². The lowest BCUT2D eigenvalue weighted by Gasteiger charge is -2.11. The van der Waals surface area contributed by atoms with Crippen LogP contribution in [0.4, 0.5) is 5.69 Å². The summed E-state index contributed by atoms with van der Waals surface area (Å²) in [5.41, 5.74) is 7.61. The molecule has 214 valence electrons. The Morgan fingerprint density at radius 2 is 0.935 bits per heavy atom. The predicted molar refractivity (Wildman–Crippen MR) is 186 cm³/mol.